The maximum absolute atomic E-state index is 12.3. The minimum absolute atomic E-state index is 0.422. The Bertz CT molecular complexity index is 725. The number of hydrogen-bond donors (Lipinski definition) is 0. The van der Waals surface area contributed by atoms with Gasteiger partial charge in [0.1, 0.15) is 11.5 Å². The number of carbonyl (C=O) groups is 2. The Morgan fingerprint density at radius 2 is 1.70 bits per heavy atom. The van der Waals surface area contributed by atoms with Crippen molar-refractivity contribution >= 4 is 11.6 Å². The minimum atomic E-state index is -0.468. The van der Waals surface area contributed by atoms with Gasteiger partial charge in [0.2, 0.25) is 11.6 Å². The summed E-state index contributed by atoms with van der Waals surface area (Å²) >= 11 is 0. The number of fused-ring (bicyclic) bond motifs is 3. The fourth-order valence-electron chi connectivity index (χ4n) is 2.58. The highest BCUT2D eigenvalue weighted by atomic mass is 16.3. The van der Waals surface area contributed by atoms with Crippen LogP contribution in [0.5, 0.6) is 0 Å². The lowest BCUT2D eigenvalue weighted by Crippen LogP contribution is -2.20. The van der Waals surface area contributed by atoms with Crippen LogP contribution >= 0.6 is 0 Å². The first kappa shape index (κ1) is 12.8. The molecule has 0 fully saturated rings. The molecule has 0 amide bonds. The summed E-state index contributed by atoms with van der Waals surface area (Å²) in [6, 6.07) is 7.09. The summed E-state index contributed by atoms with van der Waals surface area (Å²) in [4.78, 5) is 26.4. The van der Waals surface area contributed by atoms with Gasteiger partial charge in [0.15, 0.2) is 0 Å². The maximum Gasteiger partial charge on any atom is 0.237 e. The van der Waals surface area contributed by atoms with Crippen LogP contribution in [0.2, 0.25) is 0 Å². The van der Waals surface area contributed by atoms with Crippen LogP contribution < -0.4 is 0 Å². The summed E-state index contributed by atoms with van der Waals surface area (Å²) in [6.45, 7) is 2.43. The molecule has 0 N–H and O–H groups in total. The lowest BCUT2D eigenvalue weighted by Gasteiger charge is -2.12. The van der Waals surface area contributed by atoms with E-state index in [0.29, 0.717) is 29.0 Å². The second-order valence-corrected chi connectivity index (χ2v) is 5.30. The van der Waals surface area contributed by atoms with Crippen molar-refractivity contribution in [2.75, 3.05) is 14.1 Å². The third-order valence-corrected chi connectivity index (χ3v) is 3.56. The van der Waals surface area contributed by atoms with Gasteiger partial charge in [-0.05, 0) is 21.0 Å². The van der Waals surface area contributed by atoms with Crippen LogP contribution in [0, 0.1) is 6.92 Å². The van der Waals surface area contributed by atoms with E-state index < -0.39 is 11.6 Å². The molecule has 0 radical (unpaired) electrons. The first-order chi connectivity index (χ1) is 9.50. The molecule has 3 rings (SSSR count). The van der Waals surface area contributed by atoms with Crippen molar-refractivity contribution in [1.29, 1.82) is 0 Å². The van der Waals surface area contributed by atoms with Crippen molar-refractivity contribution in [2.45, 2.75) is 13.5 Å². The van der Waals surface area contributed by atoms with Gasteiger partial charge >= 0.3 is 0 Å². The van der Waals surface area contributed by atoms with Crippen molar-refractivity contribution in [3.63, 3.8) is 0 Å². The third-order valence-electron chi connectivity index (χ3n) is 3.56. The Morgan fingerprint density at radius 3 is 2.35 bits per heavy atom. The molecule has 0 atom stereocenters. The Balaban J connectivity index is 2.26. The van der Waals surface area contributed by atoms with E-state index in [1.54, 1.807) is 12.1 Å². The average Bonchev–Trinajstić information content (AvgIpc) is 2.73. The monoisotopic (exact) mass is 269 g/mol. The number of nitrogens with zero attached hydrogens (tertiary/aromatic N) is 1. The highest BCUT2D eigenvalue weighted by Gasteiger charge is 2.35. The number of rotatable bonds is 2. The Kier molecular flexibility index (Phi) is 2.83. The molecule has 1 aromatic carbocycles. The van der Waals surface area contributed by atoms with Crippen LogP contribution in [-0.4, -0.2) is 30.6 Å². The summed E-state index contributed by atoms with van der Waals surface area (Å²) < 4.78 is 5.88. The number of benzene rings is 1. The topological polar surface area (TPSA) is 50.5 Å². The zero-order valence-corrected chi connectivity index (χ0v) is 11.7. The van der Waals surface area contributed by atoms with Gasteiger partial charge in [-0.2, -0.15) is 0 Å². The summed E-state index contributed by atoms with van der Waals surface area (Å²) in [5.41, 5.74) is 2.32. The molecule has 0 bridgehead atoms. The van der Waals surface area contributed by atoms with Gasteiger partial charge in [0.25, 0.3) is 0 Å². The average molecular weight is 269 g/mol. The fraction of sp³-hybridized carbons (Fsp3) is 0.250. The van der Waals surface area contributed by atoms with Gasteiger partial charge in [0.05, 0.1) is 12.1 Å². The minimum Gasteiger partial charge on any atom is -0.459 e. The van der Waals surface area contributed by atoms with E-state index in [0.717, 1.165) is 11.3 Å². The molecule has 0 saturated carbocycles. The first-order valence-electron chi connectivity index (χ1n) is 6.46. The SMILES string of the molecule is Cc1c(CN(C)C)oc2c1C(=O)C(=O)c1ccccc1-2. The predicted octanol–water partition coefficient (Wildman–Crippen LogP) is 2.70. The Hall–Kier alpha value is -2.20. The number of ketones is 2. The van der Waals surface area contributed by atoms with E-state index >= 15 is 0 Å². The lowest BCUT2D eigenvalue weighted by molar-refractivity contribution is 0.0814. The molecule has 4 heteroatoms. The summed E-state index contributed by atoms with van der Waals surface area (Å²) in [6.07, 6.45) is 0. The Labute approximate surface area is 117 Å². The van der Waals surface area contributed by atoms with E-state index in [1.165, 1.54) is 0 Å². The van der Waals surface area contributed by atoms with Crippen molar-refractivity contribution in [3.8, 4) is 11.3 Å². The molecule has 20 heavy (non-hydrogen) atoms. The van der Waals surface area contributed by atoms with Crippen LogP contribution in [0.4, 0.5) is 0 Å². The van der Waals surface area contributed by atoms with Gasteiger partial charge in [-0.1, -0.05) is 24.3 Å². The highest BCUT2D eigenvalue weighted by molar-refractivity contribution is 6.53. The van der Waals surface area contributed by atoms with Gasteiger partial charge in [-0.3, -0.25) is 9.59 Å². The molecule has 4 nitrogen and oxygen atoms in total. The molecule has 1 aliphatic rings. The molecule has 1 aliphatic carbocycles. The van der Waals surface area contributed by atoms with E-state index in [2.05, 4.69) is 0 Å². The summed E-state index contributed by atoms with van der Waals surface area (Å²) in [5.74, 6) is 0.343. The van der Waals surface area contributed by atoms with Gasteiger partial charge in [0, 0.05) is 16.7 Å². The van der Waals surface area contributed by atoms with Crippen LogP contribution in [0.15, 0.2) is 28.7 Å². The molecule has 0 aliphatic heterocycles. The molecular formula is C16H15NO3. The standard InChI is InChI=1S/C16H15NO3/c1-9-12(8-17(2)3)20-16-11-7-5-4-6-10(11)14(18)15(19)13(9)16/h4-7H,8H2,1-3H3. The number of carbonyl (C=O) groups excluding carboxylic acids is 2. The van der Waals surface area contributed by atoms with Crippen molar-refractivity contribution in [1.82, 2.24) is 4.90 Å². The number of Topliss-reactive ketones (excluding diaryl/α,β-unsaturated/α-hetero) is 2. The number of hydrogen-bond acceptors (Lipinski definition) is 4. The highest BCUT2D eigenvalue weighted by Crippen LogP contribution is 2.38. The molecule has 0 spiro atoms. The molecule has 1 aromatic heterocycles. The first-order valence-corrected chi connectivity index (χ1v) is 6.46. The fourth-order valence-corrected chi connectivity index (χ4v) is 2.58. The molecule has 0 saturated heterocycles. The van der Waals surface area contributed by atoms with E-state index in [9.17, 15) is 9.59 Å². The molecule has 2 aromatic rings. The maximum atomic E-state index is 12.3. The molecular weight excluding hydrogens is 254 g/mol. The normalized spacial score (nSPS) is 13.6. The van der Waals surface area contributed by atoms with Gasteiger partial charge < -0.3 is 9.32 Å². The van der Waals surface area contributed by atoms with Crippen LogP contribution in [0.25, 0.3) is 11.3 Å². The van der Waals surface area contributed by atoms with E-state index in [4.69, 9.17) is 4.42 Å². The van der Waals surface area contributed by atoms with Crippen molar-refractivity contribution < 1.29 is 14.0 Å². The van der Waals surface area contributed by atoms with E-state index in [1.807, 2.05) is 38.1 Å². The second kappa shape index (κ2) is 4.42. The number of furan rings is 1. The predicted molar refractivity (Wildman–Crippen MR) is 74.9 cm³/mol. The van der Waals surface area contributed by atoms with Crippen LogP contribution in [0.3, 0.4) is 0 Å². The second-order valence-electron chi connectivity index (χ2n) is 5.30. The molecule has 0 unspecified atom stereocenters. The Morgan fingerprint density at radius 1 is 1.05 bits per heavy atom. The molecule has 1 heterocycles. The van der Waals surface area contributed by atoms with Gasteiger partial charge in [-0.15, -0.1) is 0 Å². The quantitative estimate of drug-likeness (QED) is 0.786. The van der Waals surface area contributed by atoms with Crippen molar-refractivity contribution in [2.24, 2.45) is 0 Å². The van der Waals surface area contributed by atoms with E-state index in [-0.39, 0.29) is 0 Å². The smallest absolute Gasteiger partial charge is 0.237 e. The summed E-state index contributed by atoms with van der Waals surface area (Å²) in [5, 5.41) is 0. The summed E-state index contributed by atoms with van der Waals surface area (Å²) in [7, 11) is 3.86. The van der Waals surface area contributed by atoms with Crippen molar-refractivity contribution in [3.05, 3.63) is 46.7 Å². The third kappa shape index (κ3) is 1.72. The van der Waals surface area contributed by atoms with Gasteiger partial charge in [-0.25, -0.2) is 0 Å². The molecule has 102 valence electrons. The zero-order valence-electron chi connectivity index (χ0n) is 11.7. The van der Waals surface area contributed by atoms with Crippen LogP contribution in [-0.2, 0) is 6.54 Å². The largest absolute Gasteiger partial charge is 0.459 e. The lowest BCUT2D eigenvalue weighted by atomic mass is 9.87. The zero-order chi connectivity index (χ0) is 14.4. The van der Waals surface area contributed by atoms with Crippen LogP contribution in [0.1, 0.15) is 32.0 Å².